The molecule has 0 amide bonds. The van der Waals surface area contributed by atoms with Gasteiger partial charge in [-0.1, -0.05) is 19.9 Å². The highest BCUT2D eigenvalue weighted by Gasteiger charge is 2.22. The smallest absolute Gasteiger partial charge is 0.130 e. The van der Waals surface area contributed by atoms with Crippen LogP contribution in [0.2, 0.25) is 0 Å². The van der Waals surface area contributed by atoms with Crippen molar-refractivity contribution in [3.8, 4) is 0 Å². The summed E-state index contributed by atoms with van der Waals surface area (Å²) in [6.45, 7) is 12.4. The normalized spacial score (nSPS) is 18.0. The van der Waals surface area contributed by atoms with Crippen LogP contribution < -0.4 is 10.2 Å². The maximum Gasteiger partial charge on any atom is 0.130 e. The van der Waals surface area contributed by atoms with E-state index in [4.69, 9.17) is 0 Å². The average molecular weight is 293 g/mol. The monoisotopic (exact) mass is 293 g/mol. The molecular weight excluding hydrogens is 265 g/mol. The Kier molecular flexibility index (Phi) is 6.00. The van der Waals surface area contributed by atoms with Crippen LogP contribution in [0.3, 0.4) is 0 Å². The third-order valence-electron chi connectivity index (χ3n) is 4.23. The van der Waals surface area contributed by atoms with Crippen LogP contribution >= 0.6 is 0 Å². The molecule has 1 N–H and O–H groups in total. The second kappa shape index (κ2) is 7.76. The van der Waals surface area contributed by atoms with Crippen LogP contribution in [0, 0.1) is 5.82 Å². The highest BCUT2D eigenvalue weighted by atomic mass is 19.1. The number of nitrogens with one attached hydrogen (secondary N) is 1. The summed E-state index contributed by atoms with van der Waals surface area (Å²) >= 11 is 0. The third kappa shape index (κ3) is 3.95. The Labute approximate surface area is 128 Å². The summed E-state index contributed by atoms with van der Waals surface area (Å²) in [4.78, 5) is 4.82. The number of hydrogen-bond donors (Lipinski definition) is 1. The van der Waals surface area contributed by atoms with E-state index < -0.39 is 0 Å². The summed E-state index contributed by atoms with van der Waals surface area (Å²) in [6.07, 6.45) is 1.20. The molecule has 1 aliphatic rings. The molecule has 2 rings (SSSR count). The Hall–Kier alpha value is -1.13. The van der Waals surface area contributed by atoms with Crippen LogP contribution in [0.1, 0.15) is 38.8 Å². The molecule has 1 heterocycles. The lowest BCUT2D eigenvalue weighted by Gasteiger charge is -2.37. The van der Waals surface area contributed by atoms with Crippen molar-refractivity contribution in [2.24, 2.45) is 0 Å². The van der Waals surface area contributed by atoms with Gasteiger partial charge in [0.15, 0.2) is 0 Å². The van der Waals surface area contributed by atoms with Gasteiger partial charge >= 0.3 is 0 Å². The van der Waals surface area contributed by atoms with Gasteiger partial charge in [0.2, 0.25) is 0 Å². The summed E-state index contributed by atoms with van der Waals surface area (Å²) in [5.41, 5.74) is 1.86. The lowest BCUT2D eigenvalue weighted by molar-refractivity contribution is 0.258. The van der Waals surface area contributed by atoms with E-state index in [0.717, 1.165) is 50.5 Å². The molecule has 3 nitrogen and oxygen atoms in total. The molecule has 0 radical (unpaired) electrons. The van der Waals surface area contributed by atoms with Crippen LogP contribution in [0.25, 0.3) is 0 Å². The lowest BCUT2D eigenvalue weighted by Crippen LogP contribution is -2.47. The predicted octanol–water partition coefficient (Wildman–Crippen LogP) is 3.03. The van der Waals surface area contributed by atoms with E-state index in [2.05, 4.69) is 35.0 Å². The van der Waals surface area contributed by atoms with Gasteiger partial charge in [0.1, 0.15) is 5.82 Å². The third-order valence-corrected chi connectivity index (χ3v) is 4.23. The quantitative estimate of drug-likeness (QED) is 0.870. The fourth-order valence-electron chi connectivity index (χ4n) is 3.17. The number of benzene rings is 1. The Morgan fingerprint density at radius 1 is 1.19 bits per heavy atom. The van der Waals surface area contributed by atoms with E-state index in [-0.39, 0.29) is 11.9 Å². The molecule has 118 valence electrons. The second-order valence-electron chi connectivity index (χ2n) is 5.78. The molecule has 1 aliphatic heterocycles. The van der Waals surface area contributed by atoms with Gasteiger partial charge in [-0.05, 0) is 38.6 Å². The first-order valence-electron chi connectivity index (χ1n) is 8.16. The summed E-state index contributed by atoms with van der Waals surface area (Å²) in [6, 6.07) is 5.49. The summed E-state index contributed by atoms with van der Waals surface area (Å²) < 4.78 is 14.3. The fraction of sp³-hybridized carbons (Fsp3) is 0.647. The van der Waals surface area contributed by atoms with Crippen molar-refractivity contribution in [1.29, 1.82) is 0 Å². The summed E-state index contributed by atoms with van der Waals surface area (Å²) in [5, 5.41) is 3.33. The predicted molar refractivity (Wildman–Crippen MR) is 87.4 cm³/mol. The fourth-order valence-corrected chi connectivity index (χ4v) is 3.17. The molecule has 1 fully saturated rings. The maximum absolute atomic E-state index is 14.3. The van der Waals surface area contributed by atoms with E-state index in [0.29, 0.717) is 0 Å². The number of rotatable bonds is 6. The van der Waals surface area contributed by atoms with Gasteiger partial charge in [-0.3, -0.25) is 4.90 Å². The Morgan fingerprint density at radius 3 is 2.52 bits per heavy atom. The molecule has 1 aromatic carbocycles. The molecule has 0 aromatic heterocycles. The minimum Gasteiger partial charge on any atom is -0.369 e. The zero-order valence-corrected chi connectivity index (χ0v) is 13.5. The molecule has 0 spiro atoms. The van der Waals surface area contributed by atoms with Crippen molar-refractivity contribution in [3.63, 3.8) is 0 Å². The number of piperazine rings is 1. The van der Waals surface area contributed by atoms with Crippen molar-refractivity contribution in [3.05, 3.63) is 29.6 Å². The van der Waals surface area contributed by atoms with Crippen molar-refractivity contribution < 1.29 is 4.39 Å². The van der Waals surface area contributed by atoms with Gasteiger partial charge in [-0.15, -0.1) is 0 Å². The topological polar surface area (TPSA) is 18.5 Å². The van der Waals surface area contributed by atoms with Gasteiger partial charge in [0.05, 0.1) is 0 Å². The van der Waals surface area contributed by atoms with Crippen LogP contribution in [0.5, 0.6) is 0 Å². The highest BCUT2D eigenvalue weighted by Crippen LogP contribution is 2.29. The molecule has 0 bridgehead atoms. The number of halogens is 1. The van der Waals surface area contributed by atoms with Crippen LogP contribution in [0.4, 0.5) is 10.1 Å². The van der Waals surface area contributed by atoms with Gasteiger partial charge in [-0.2, -0.15) is 0 Å². The number of anilines is 1. The van der Waals surface area contributed by atoms with Crippen LogP contribution in [-0.2, 0) is 0 Å². The van der Waals surface area contributed by atoms with Crippen LogP contribution in [-0.4, -0.2) is 44.2 Å². The molecule has 0 aliphatic carbocycles. The molecule has 1 aromatic rings. The minimum atomic E-state index is -0.100. The van der Waals surface area contributed by atoms with Gasteiger partial charge in [-0.25, -0.2) is 4.39 Å². The van der Waals surface area contributed by atoms with E-state index in [1.54, 1.807) is 6.07 Å². The summed E-state index contributed by atoms with van der Waals surface area (Å²) in [5.74, 6) is -0.100. The maximum atomic E-state index is 14.3. The molecule has 21 heavy (non-hydrogen) atoms. The molecule has 1 unspecified atom stereocenters. The van der Waals surface area contributed by atoms with E-state index in [1.165, 1.54) is 6.42 Å². The van der Waals surface area contributed by atoms with Crippen LogP contribution in [0.15, 0.2) is 18.2 Å². The Balaban J connectivity index is 2.15. The highest BCUT2D eigenvalue weighted by molar-refractivity contribution is 5.56. The Morgan fingerprint density at radius 2 is 1.90 bits per heavy atom. The lowest BCUT2D eigenvalue weighted by atomic mass is 10.0. The average Bonchev–Trinajstić information content (AvgIpc) is 2.48. The van der Waals surface area contributed by atoms with Crippen molar-refractivity contribution >= 4 is 5.69 Å². The van der Waals surface area contributed by atoms with E-state index in [9.17, 15) is 4.39 Å². The molecule has 1 atom stereocenters. The zero-order chi connectivity index (χ0) is 15.2. The number of nitrogens with zero attached hydrogens (tertiary/aromatic N) is 2. The van der Waals surface area contributed by atoms with Crippen molar-refractivity contribution in [1.82, 2.24) is 10.2 Å². The second-order valence-corrected chi connectivity index (χ2v) is 5.78. The molecule has 1 saturated heterocycles. The number of hydrogen-bond acceptors (Lipinski definition) is 3. The largest absolute Gasteiger partial charge is 0.369 e. The molecule has 0 saturated carbocycles. The summed E-state index contributed by atoms with van der Waals surface area (Å²) in [7, 11) is 0. The minimum absolute atomic E-state index is 0.0415. The van der Waals surface area contributed by atoms with Crippen molar-refractivity contribution in [2.75, 3.05) is 44.2 Å². The van der Waals surface area contributed by atoms with E-state index >= 15 is 0 Å². The first kappa shape index (κ1) is 16.2. The SMILES string of the molecule is CCCN1CCN(c2cccc(F)c2C(C)NCC)CC1. The van der Waals surface area contributed by atoms with Gasteiger partial charge in [0, 0.05) is 43.5 Å². The first-order chi connectivity index (χ1) is 10.2. The Bertz CT molecular complexity index is 442. The first-order valence-corrected chi connectivity index (χ1v) is 8.16. The van der Waals surface area contributed by atoms with Crippen molar-refractivity contribution in [2.45, 2.75) is 33.2 Å². The van der Waals surface area contributed by atoms with E-state index in [1.807, 2.05) is 13.0 Å². The molecular formula is C17H28FN3. The molecule has 4 heteroatoms. The van der Waals surface area contributed by atoms with Gasteiger partial charge in [0.25, 0.3) is 0 Å². The standard InChI is InChI=1S/C17H28FN3/c1-4-9-20-10-12-21(13-11-20)16-8-6-7-15(18)17(16)14(3)19-5-2/h6-8,14,19H,4-5,9-13H2,1-3H3. The zero-order valence-electron chi connectivity index (χ0n) is 13.5. The van der Waals surface area contributed by atoms with Gasteiger partial charge < -0.3 is 10.2 Å².